The van der Waals surface area contributed by atoms with Crippen LogP contribution in [0.1, 0.15) is 108 Å². The number of aliphatic hydroxyl groups is 1. The standard InChI is InChI=1S/C32H42N4O5/c1-8-32(38,18-31(7)26-25(19(2)39-31)40-30(5,6)41-26)21-9-10-24(36-28(37)27-34-17-22(16-33)35-27)23(15-21)20-11-13-29(3,4)14-12-20/h9-11,15,17,19,25-26,38H,8,12-14,18H2,1-7H3,(H,34,35)(H,36,37)/t19-,25+,26+,31-,32+/m0/s1. The number of carbonyl (C=O) groups is 1. The zero-order chi connectivity index (χ0) is 29.8. The lowest BCUT2D eigenvalue weighted by atomic mass is 9.75. The maximum atomic E-state index is 13.1. The Bertz CT molecular complexity index is 1400. The van der Waals surface area contributed by atoms with Gasteiger partial charge in [0.05, 0.1) is 23.5 Å². The van der Waals surface area contributed by atoms with Crippen molar-refractivity contribution in [3.8, 4) is 6.07 Å². The Kier molecular flexibility index (Phi) is 7.44. The molecule has 2 aromatic rings. The number of nitriles is 1. The van der Waals surface area contributed by atoms with E-state index in [0.717, 1.165) is 36.0 Å². The second-order valence-corrected chi connectivity index (χ2v) is 13.3. The first kappa shape index (κ1) is 29.5. The highest BCUT2D eigenvalue weighted by Gasteiger charge is 2.61. The molecule has 5 rings (SSSR count). The van der Waals surface area contributed by atoms with Crippen LogP contribution in [0, 0.1) is 16.7 Å². The molecule has 1 aromatic heterocycles. The predicted octanol–water partition coefficient (Wildman–Crippen LogP) is 5.81. The van der Waals surface area contributed by atoms with Crippen LogP contribution in [0.2, 0.25) is 0 Å². The summed E-state index contributed by atoms with van der Waals surface area (Å²) in [5, 5.41) is 24.3. The fourth-order valence-corrected chi connectivity index (χ4v) is 6.52. The van der Waals surface area contributed by atoms with Crippen molar-refractivity contribution in [3.05, 3.63) is 53.1 Å². The van der Waals surface area contributed by atoms with E-state index >= 15 is 0 Å². The number of imidazole rings is 1. The molecule has 1 aliphatic carbocycles. The maximum absolute atomic E-state index is 13.1. The average Bonchev–Trinajstić information content (AvgIpc) is 3.58. The first-order valence-corrected chi connectivity index (χ1v) is 14.5. The SMILES string of the molecule is CC[C@@](O)(C[C@]1(C)O[C@@H](C)[C@H]2OC(C)(C)O[C@H]21)c1ccc(NC(=O)c2ncc(C#N)[nH]2)c(C2=CCC(C)(C)CC2)c1. The van der Waals surface area contributed by atoms with Crippen LogP contribution >= 0.6 is 0 Å². The minimum Gasteiger partial charge on any atom is -0.385 e. The Balaban J connectivity index is 1.49. The van der Waals surface area contributed by atoms with Gasteiger partial charge in [-0.3, -0.25) is 4.79 Å². The third-order valence-corrected chi connectivity index (χ3v) is 8.91. The molecule has 1 amide bonds. The van der Waals surface area contributed by atoms with E-state index in [0.29, 0.717) is 18.5 Å². The van der Waals surface area contributed by atoms with Crippen LogP contribution in [0.5, 0.6) is 0 Å². The lowest BCUT2D eigenvalue weighted by Gasteiger charge is -2.39. The van der Waals surface area contributed by atoms with Crippen molar-refractivity contribution in [2.45, 2.75) is 116 Å². The Labute approximate surface area is 242 Å². The number of hydrogen-bond donors (Lipinski definition) is 3. The molecule has 1 aromatic carbocycles. The van der Waals surface area contributed by atoms with Gasteiger partial charge in [-0.1, -0.05) is 32.9 Å². The number of benzene rings is 1. The van der Waals surface area contributed by atoms with Gasteiger partial charge in [-0.2, -0.15) is 5.26 Å². The molecule has 9 heteroatoms. The summed E-state index contributed by atoms with van der Waals surface area (Å²) in [4.78, 5) is 19.8. The second-order valence-electron chi connectivity index (χ2n) is 13.3. The van der Waals surface area contributed by atoms with E-state index in [2.05, 4.69) is 35.2 Å². The summed E-state index contributed by atoms with van der Waals surface area (Å²) in [5.41, 5.74) is 1.83. The van der Waals surface area contributed by atoms with Gasteiger partial charge in [0.15, 0.2) is 11.6 Å². The summed E-state index contributed by atoms with van der Waals surface area (Å²) in [7, 11) is 0. The lowest BCUT2D eigenvalue weighted by Crippen LogP contribution is -2.46. The van der Waals surface area contributed by atoms with Crippen LogP contribution in [-0.4, -0.2) is 50.7 Å². The Morgan fingerprint density at radius 1 is 1.24 bits per heavy atom. The van der Waals surface area contributed by atoms with E-state index in [1.807, 2.05) is 58.9 Å². The van der Waals surface area contributed by atoms with Crippen LogP contribution in [0.25, 0.3) is 5.57 Å². The Hall–Kier alpha value is -3.03. The Morgan fingerprint density at radius 2 is 2.00 bits per heavy atom. The minimum absolute atomic E-state index is 0.0667. The smallest absolute Gasteiger partial charge is 0.291 e. The van der Waals surface area contributed by atoms with Gasteiger partial charge in [0.25, 0.3) is 5.91 Å². The van der Waals surface area contributed by atoms with Crippen molar-refractivity contribution in [1.82, 2.24) is 9.97 Å². The summed E-state index contributed by atoms with van der Waals surface area (Å²) in [6.07, 6.45) is 6.46. The van der Waals surface area contributed by atoms with Crippen LogP contribution in [0.4, 0.5) is 5.69 Å². The fourth-order valence-electron chi connectivity index (χ4n) is 6.52. The number of fused-ring (bicyclic) bond motifs is 1. The highest BCUT2D eigenvalue weighted by atomic mass is 16.8. The average molecular weight is 563 g/mol. The maximum Gasteiger partial charge on any atom is 0.291 e. The molecule has 5 atom stereocenters. The molecular weight excluding hydrogens is 520 g/mol. The molecule has 0 bridgehead atoms. The van der Waals surface area contributed by atoms with Gasteiger partial charge in [0, 0.05) is 17.7 Å². The summed E-state index contributed by atoms with van der Waals surface area (Å²) >= 11 is 0. The first-order valence-electron chi connectivity index (χ1n) is 14.5. The molecule has 3 N–H and O–H groups in total. The molecular formula is C32H42N4O5. The predicted molar refractivity (Wildman–Crippen MR) is 155 cm³/mol. The number of carbonyl (C=O) groups excluding carboxylic acids is 1. The van der Waals surface area contributed by atoms with Crippen LogP contribution in [0.15, 0.2) is 30.5 Å². The molecule has 2 fully saturated rings. The van der Waals surface area contributed by atoms with Crippen molar-refractivity contribution >= 4 is 17.2 Å². The highest BCUT2D eigenvalue weighted by Crippen LogP contribution is 2.50. The summed E-state index contributed by atoms with van der Waals surface area (Å²) in [5.74, 6) is -1.08. The van der Waals surface area contributed by atoms with Crippen molar-refractivity contribution in [3.63, 3.8) is 0 Å². The van der Waals surface area contributed by atoms with Gasteiger partial charge in [-0.05, 0) is 82.1 Å². The zero-order valence-electron chi connectivity index (χ0n) is 25.1. The number of nitrogens with one attached hydrogen (secondary N) is 2. The molecule has 3 aliphatic rings. The molecule has 2 aliphatic heterocycles. The van der Waals surface area contributed by atoms with Crippen LogP contribution in [-0.2, 0) is 19.8 Å². The summed E-state index contributed by atoms with van der Waals surface area (Å²) in [6, 6.07) is 7.68. The fraction of sp³-hybridized carbons (Fsp3) is 0.594. The number of aromatic nitrogens is 2. The number of rotatable bonds is 7. The van der Waals surface area contributed by atoms with Crippen LogP contribution in [0.3, 0.4) is 0 Å². The lowest BCUT2D eigenvalue weighted by molar-refractivity contribution is -0.213. The summed E-state index contributed by atoms with van der Waals surface area (Å²) < 4.78 is 18.9. The quantitative estimate of drug-likeness (QED) is 0.388. The number of nitrogens with zero attached hydrogens (tertiary/aromatic N) is 2. The van der Waals surface area contributed by atoms with E-state index in [4.69, 9.17) is 19.5 Å². The second kappa shape index (κ2) is 10.4. The zero-order valence-corrected chi connectivity index (χ0v) is 25.1. The first-order chi connectivity index (χ1) is 19.2. The number of H-pyrrole nitrogens is 1. The van der Waals surface area contributed by atoms with Crippen molar-refractivity contribution in [1.29, 1.82) is 5.26 Å². The molecule has 0 spiro atoms. The molecule has 41 heavy (non-hydrogen) atoms. The van der Waals surface area contributed by atoms with Crippen molar-refractivity contribution in [2.75, 3.05) is 5.32 Å². The third-order valence-electron chi connectivity index (χ3n) is 8.91. The minimum atomic E-state index is -1.21. The molecule has 0 radical (unpaired) electrons. The van der Waals surface area contributed by atoms with E-state index in [1.54, 1.807) is 0 Å². The molecule has 9 nitrogen and oxygen atoms in total. The van der Waals surface area contributed by atoms with E-state index in [-0.39, 0.29) is 35.2 Å². The molecule has 2 saturated heterocycles. The molecule has 220 valence electrons. The number of ether oxygens (including phenoxy) is 3. The summed E-state index contributed by atoms with van der Waals surface area (Å²) in [6.45, 7) is 14.3. The normalized spacial score (nSPS) is 29.7. The van der Waals surface area contributed by atoms with Gasteiger partial charge in [0.1, 0.15) is 24.0 Å². The van der Waals surface area contributed by atoms with Gasteiger partial charge >= 0.3 is 0 Å². The largest absolute Gasteiger partial charge is 0.385 e. The van der Waals surface area contributed by atoms with Gasteiger partial charge < -0.3 is 29.6 Å². The van der Waals surface area contributed by atoms with Crippen molar-refractivity contribution < 1.29 is 24.1 Å². The van der Waals surface area contributed by atoms with Gasteiger partial charge in [-0.15, -0.1) is 0 Å². The number of hydrogen-bond acceptors (Lipinski definition) is 7. The van der Waals surface area contributed by atoms with Gasteiger partial charge in [0.2, 0.25) is 0 Å². The van der Waals surface area contributed by atoms with E-state index in [1.165, 1.54) is 6.20 Å². The third kappa shape index (κ3) is 5.71. The number of amides is 1. The number of aromatic amines is 1. The number of allylic oxidation sites excluding steroid dienone is 2. The van der Waals surface area contributed by atoms with Crippen LogP contribution < -0.4 is 5.32 Å². The Morgan fingerprint density at radius 3 is 2.63 bits per heavy atom. The molecule has 0 unspecified atom stereocenters. The topological polar surface area (TPSA) is 129 Å². The number of anilines is 1. The highest BCUT2D eigenvalue weighted by molar-refractivity contribution is 6.03. The molecule has 0 saturated carbocycles. The van der Waals surface area contributed by atoms with Crippen molar-refractivity contribution in [2.24, 2.45) is 5.41 Å². The van der Waals surface area contributed by atoms with Gasteiger partial charge in [-0.25, -0.2) is 4.98 Å². The molecule has 3 heterocycles. The van der Waals surface area contributed by atoms with E-state index in [9.17, 15) is 9.90 Å². The van der Waals surface area contributed by atoms with E-state index < -0.39 is 22.9 Å². The monoisotopic (exact) mass is 562 g/mol.